The lowest BCUT2D eigenvalue weighted by Crippen LogP contribution is -2.10. The molecule has 1 unspecified atom stereocenters. The van der Waals surface area contributed by atoms with Gasteiger partial charge in [-0.2, -0.15) is 8.78 Å². The van der Waals surface area contributed by atoms with Crippen LogP contribution in [0.4, 0.5) is 8.78 Å². The molecule has 1 rings (SSSR count). The van der Waals surface area contributed by atoms with Crippen LogP contribution in [0, 0.1) is 0 Å². The van der Waals surface area contributed by atoms with Crippen molar-refractivity contribution in [2.24, 2.45) is 0 Å². The van der Waals surface area contributed by atoms with Gasteiger partial charge in [0.05, 0.1) is 11.2 Å². The van der Waals surface area contributed by atoms with E-state index in [0.717, 1.165) is 0 Å². The van der Waals surface area contributed by atoms with Crippen molar-refractivity contribution < 1.29 is 13.3 Å². The van der Waals surface area contributed by atoms with Gasteiger partial charge in [0.1, 0.15) is 0 Å². The van der Waals surface area contributed by atoms with E-state index in [-0.39, 0.29) is 4.90 Å². The molecule has 60 valence electrons. The van der Waals surface area contributed by atoms with Gasteiger partial charge < -0.3 is 4.55 Å². The molecule has 0 bridgehead atoms. The van der Waals surface area contributed by atoms with Crippen molar-refractivity contribution in [1.82, 2.24) is 0 Å². The van der Waals surface area contributed by atoms with Crippen LogP contribution in [0.1, 0.15) is 0 Å². The molecule has 11 heavy (non-hydrogen) atoms. The van der Waals surface area contributed by atoms with Crippen LogP contribution >= 0.6 is 0 Å². The Bertz CT molecular complexity index is 215. The Labute approximate surface area is 66.2 Å². The first-order valence-electron chi connectivity index (χ1n) is 2.95. The van der Waals surface area contributed by atoms with E-state index in [1.165, 1.54) is 12.1 Å². The number of rotatable bonds is 2. The summed E-state index contributed by atoms with van der Waals surface area (Å²) in [4.78, 5) is 0.169. The SMILES string of the molecule is [O-][S+](c1ccccc1)C(F)F. The van der Waals surface area contributed by atoms with Crippen molar-refractivity contribution in [3.8, 4) is 0 Å². The van der Waals surface area contributed by atoms with Crippen molar-refractivity contribution in [2.75, 3.05) is 0 Å². The average molecular weight is 176 g/mol. The largest absolute Gasteiger partial charge is 0.607 e. The summed E-state index contributed by atoms with van der Waals surface area (Å²) in [6.45, 7) is 0. The zero-order valence-electron chi connectivity index (χ0n) is 5.54. The van der Waals surface area contributed by atoms with Gasteiger partial charge in [-0.15, -0.1) is 0 Å². The molecule has 1 atom stereocenters. The summed E-state index contributed by atoms with van der Waals surface area (Å²) in [7, 11) is 0. The van der Waals surface area contributed by atoms with E-state index in [2.05, 4.69) is 0 Å². The van der Waals surface area contributed by atoms with Gasteiger partial charge >= 0.3 is 5.76 Å². The minimum Gasteiger partial charge on any atom is -0.607 e. The van der Waals surface area contributed by atoms with Crippen LogP contribution in [-0.2, 0) is 11.2 Å². The van der Waals surface area contributed by atoms with E-state index < -0.39 is 16.9 Å². The molecular weight excluding hydrogens is 170 g/mol. The van der Waals surface area contributed by atoms with Crippen molar-refractivity contribution in [1.29, 1.82) is 0 Å². The molecule has 1 nitrogen and oxygen atoms in total. The summed E-state index contributed by atoms with van der Waals surface area (Å²) < 4.78 is 34.3. The normalized spacial score (nSPS) is 13.5. The summed E-state index contributed by atoms with van der Waals surface area (Å²) in [5, 5.41) is 0. The third-order valence-corrected chi connectivity index (χ3v) is 2.20. The Morgan fingerprint density at radius 3 is 2.18 bits per heavy atom. The van der Waals surface area contributed by atoms with Crippen LogP contribution in [0.25, 0.3) is 0 Å². The predicted molar refractivity (Wildman–Crippen MR) is 38.9 cm³/mol. The van der Waals surface area contributed by atoms with E-state index in [1.807, 2.05) is 0 Å². The number of benzene rings is 1. The Hall–Kier alpha value is -0.610. The van der Waals surface area contributed by atoms with E-state index in [0.29, 0.717) is 0 Å². The minimum atomic E-state index is -2.79. The summed E-state index contributed by atoms with van der Waals surface area (Å²) in [5.74, 6) is -2.79. The zero-order valence-corrected chi connectivity index (χ0v) is 6.35. The first-order chi connectivity index (χ1) is 5.22. The van der Waals surface area contributed by atoms with Gasteiger partial charge in [-0.3, -0.25) is 0 Å². The molecule has 0 spiro atoms. The van der Waals surface area contributed by atoms with Gasteiger partial charge in [-0.05, 0) is 12.1 Å². The maximum absolute atomic E-state index is 11.8. The Kier molecular flexibility index (Phi) is 2.84. The Balaban J connectivity index is 2.77. The fraction of sp³-hybridized carbons (Fsp3) is 0.143. The fourth-order valence-corrected chi connectivity index (χ4v) is 1.29. The van der Waals surface area contributed by atoms with Gasteiger partial charge in [-0.1, -0.05) is 18.2 Å². The molecule has 0 heterocycles. The Morgan fingerprint density at radius 2 is 1.73 bits per heavy atom. The highest BCUT2D eigenvalue weighted by atomic mass is 32.2. The van der Waals surface area contributed by atoms with Gasteiger partial charge in [-0.25, -0.2) is 0 Å². The highest BCUT2D eigenvalue weighted by Gasteiger charge is 2.21. The molecule has 1 aromatic carbocycles. The summed E-state index contributed by atoms with van der Waals surface area (Å²) in [6, 6.07) is 7.68. The fourth-order valence-electron chi connectivity index (χ4n) is 0.657. The lowest BCUT2D eigenvalue weighted by molar-refractivity contribution is 0.235. The van der Waals surface area contributed by atoms with E-state index in [4.69, 9.17) is 0 Å². The van der Waals surface area contributed by atoms with Crippen molar-refractivity contribution in [3.05, 3.63) is 30.3 Å². The van der Waals surface area contributed by atoms with Gasteiger partial charge in [0.15, 0.2) is 4.90 Å². The Morgan fingerprint density at radius 1 is 1.18 bits per heavy atom. The molecule has 0 aliphatic heterocycles. The van der Waals surface area contributed by atoms with Crippen molar-refractivity contribution in [2.45, 2.75) is 10.7 Å². The van der Waals surface area contributed by atoms with E-state index in [1.54, 1.807) is 18.2 Å². The first kappa shape index (κ1) is 8.49. The molecule has 4 heteroatoms. The summed E-state index contributed by atoms with van der Waals surface area (Å²) in [5.41, 5.74) is 0. The van der Waals surface area contributed by atoms with Crippen LogP contribution < -0.4 is 0 Å². The summed E-state index contributed by atoms with van der Waals surface area (Å²) >= 11 is -2.17. The molecular formula is C7H6F2OS. The molecule has 1 aromatic rings. The van der Waals surface area contributed by atoms with Crippen LogP contribution in [0.15, 0.2) is 35.2 Å². The van der Waals surface area contributed by atoms with E-state index >= 15 is 0 Å². The van der Waals surface area contributed by atoms with Gasteiger partial charge in [0, 0.05) is 0 Å². The lowest BCUT2D eigenvalue weighted by Gasteiger charge is -2.06. The molecule has 0 radical (unpaired) electrons. The number of alkyl halides is 2. The lowest BCUT2D eigenvalue weighted by atomic mass is 10.4. The predicted octanol–water partition coefficient (Wildman–Crippen LogP) is 2.02. The number of halogens is 2. The maximum atomic E-state index is 11.8. The topological polar surface area (TPSA) is 23.1 Å². The minimum absolute atomic E-state index is 0.169. The highest BCUT2D eigenvalue weighted by Crippen LogP contribution is 2.16. The first-order valence-corrected chi connectivity index (χ1v) is 4.17. The second-order valence-electron chi connectivity index (χ2n) is 1.87. The molecule has 0 saturated heterocycles. The van der Waals surface area contributed by atoms with E-state index in [9.17, 15) is 13.3 Å². The molecule has 0 aromatic heterocycles. The van der Waals surface area contributed by atoms with Gasteiger partial charge in [0.25, 0.3) is 0 Å². The number of hydrogen-bond donors (Lipinski definition) is 0. The highest BCUT2D eigenvalue weighted by molar-refractivity contribution is 7.91. The standard InChI is InChI=1S/C7H6F2OS/c8-7(9)11(10)6-4-2-1-3-5-6/h1-5,7H. The van der Waals surface area contributed by atoms with Crippen LogP contribution in [0.3, 0.4) is 0 Å². The van der Waals surface area contributed by atoms with Crippen molar-refractivity contribution in [3.63, 3.8) is 0 Å². The van der Waals surface area contributed by atoms with Gasteiger partial charge in [0.2, 0.25) is 0 Å². The third kappa shape index (κ3) is 2.17. The molecule has 0 aliphatic rings. The van der Waals surface area contributed by atoms with Crippen LogP contribution in [0.2, 0.25) is 0 Å². The molecule has 0 saturated carbocycles. The average Bonchev–Trinajstić information content (AvgIpc) is 2.05. The second kappa shape index (κ2) is 3.69. The molecule has 0 N–H and O–H groups in total. The maximum Gasteiger partial charge on any atom is 0.402 e. The van der Waals surface area contributed by atoms with Crippen LogP contribution in [0.5, 0.6) is 0 Å². The monoisotopic (exact) mass is 176 g/mol. The third-order valence-electron chi connectivity index (χ3n) is 1.14. The zero-order chi connectivity index (χ0) is 8.27. The molecule has 0 fully saturated rings. The van der Waals surface area contributed by atoms with Crippen LogP contribution in [-0.4, -0.2) is 10.3 Å². The molecule has 0 amide bonds. The second-order valence-corrected chi connectivity index (χ2v) is 3.29. The summed E-state index contributed by atoms with van der Waals surface area (Å²) in [6.07, 6.45) is 0. The quantitative estimate of drug-likeness (QED) is 0.632. The van der Waals surface area contributed by atoms with Crippen molar-refractivity contribution >= 4 is 11.2 Å². The number of hydrogen-bond acceptors (Lipinski definition) is 1. The molecule has 0 aliphatic carbocycles. The smallest absolute Gasteiger partial charge is 0.402 e.